The van der Waals surface area contributed by atoms with E-state index in [0.717, 1.165) is 0 Å². The van der Waals surface area contributed by atoms with E-state index in [2.05, 4.69) is 16.1 Å². The van der Waals surface area contributed by atoms with Gasteiger partial charge in [0.25, 0.3) is 0 Å². The quantitative estimate of drug-likeness (QED) is 0.493. The Labute approximate surface area is 109 Å². The van der Waals surface area contributed by atoms with E-state index in [1.165, 1.54) is 31.2 Å². The highest BCUT2D eigenvalue weighted by molar-refractivity contribution is 6.02. The monoisotopic (exact) mass is 264 g/mol. The van der Waals surface area contributed by atoms with Crippen LogP contribution >= 0.6 is 0 Å². The topological polar surface area (TPSA) is 89.9 Å². The van der Waals surface area contributed by atoms with Crippen molar-refractivity contribution in [1.29, 1.82) is 0 Å². The molecule has 0 saturated heterocycles. The molecule has 0 unspecified atom stereocenters. The Hall–Kier alpha value is -2.63. The summed E-state index contributed by atoms with van der Waals surface area (Å²) in [5, 5.41) is 8.90. The fourth-order valence-corrected chi connectivity index (χ4v) is 1.19. The zero-order valence-corrected chi connectivity index (χ0v) is 10.2. The third-order valence-corrected chi connectivity index (χ3v) is 2.11. The predicted octanol–water partition coefficient (Wildman–Crippen LogP) is 1.62. The van der Waals surface area contributed by atoms with Gasteiger partial charge >= 0.3 is 17.9 Å². The van der Waals surface area contributed by atoms with Crippen LogP contribution in [0.25, 0.3) is 0 Å². The molecule has 0 bridgehead atoms. The fourth-order valence-electron chi connectivity index (χ4n) is 1.19. The molecule has 1 rings (SSSR count). The van der Waals surface area contributed by atoms with Gasteiger partial charge in [-0.15, -0.1) is 0 Å². The maximum absolute atomic E-state index is 11.6. The standard InChI is InChI=1S/C13H12O6/c1-8(2)12(16)18-7-19-13(17)10-6-4-3-5-9(10)11(14)15/h3-6H,1,7H2,2H3,(H,14,15). The molecule has 0 radical (unpaired) electrons. The van der Waals surface area contributed by atoms with Crippen LogP contribution in [0, 0.1) is 0 Å². The zero-order valence-electron chi connectivity index (χ0n) is 10.2. The number of benzene rings is 1. The van der Waals surface area contributed by atoms with Crippen molar-refractivity contribution < 1.29 is 29.0 Å². The van der Waals surface area contributed by atoms with E-state index in [1.807, 2.05) is 0 Å². The molecule has 1 aromatic rings. The number of esters is 2. The number of hydrogen-bond donors (Lipinski definition) is 1. The van der Waals surface area contributed by atoms with Gasteiger partial charge in [0.15, 0.2) is 0 Å². The summed E-state index contributed by atoms with van der Waals surface area (Å²) < 4.78 is 9.22. The number of carboxylic acid groups (broad SMARTS) is 1. The van der Waals surface area contributed by atoms with Gasteiger partial charge in [-0.1, -0.05) is 18.7 Å². The van der Waals surface area contributed by atoms with Gasteiger partial charge in [-0.3, -0.25) is 0 Å². The van der Waals surface area contributed by atoms with Crippen LogP contribution in [0.4, 0.5) is 0 Å². The molecule has 0 fully saturated rings. The van der Waals surface area contributed by atoms with Crippen LogP contribution in [0.3, 0.4) is 0 Å². The van der Waals surface area contributed by atoms with Crippen molar-refractivity contribution in [2.45, 2.75) is 6.92 Å². The number of aromatic carboxylic acids is 1. The second-order valence-electron chi connectivity index (χ2n) is 3.61. The van der Waals surface area contributed by atoms with Crippen molar-refractivity contribution >= 4 is 17.9 Å². The molecule has 19 heavy (non-hydrogen) atoms. The molecule has 0 aliphatic carbocycles. The van der Waals surface area contributed by atoms with E-state index >= 15 is 0 Å². The van der Waals surface area contributed by atoms with E-state index in [-0.39, 0.29) is 16.7 Å². The summed E-state index contributed by atoms with van der Waals surface area (Å²) in [5.41, 5.74) is -0.123. The fraction of sp³-hybridized carbons (Fsp3) is 0.154. The molecule has 0 heterocycles. The average molecular weight is 264 g/mol. The average Bonchev–Trinajstić information content (AvgIpc) is 2.38. The smallest absolute Gasteiger partial charge is 0.341 e. The molecule has 6 heteroatoms. The second kappa shape index (κ2) is 6.34. The Morgan fingerprint density at radius 2 is 1.74 bits per heavy atom. The van der Waals surface area contributed by atoms with Crippen LogP contribution in [0.15, 0.2) is 36.4 Å². The Balaban J connectivity index is 2.67. The van der Waals surface area contributed by atoms with Crippen molar-refractivity contribution in [2.24, 2.45) is 0 Å². The van der Waals surface area contributed by atoms with E-state index in [1.54, 1.807) is 0 Å². The highest BCUT2D eigenvalue weighted by atomic mass is 16.7. The van der Waals surface area contributed by atoms with Gasteiger partial charge in [0, 0.05) is 5.57 Å². The summed E-state index contributed by atoms with van der Waals surface area (Å²) in [4.78, 5) is 33.5. The highest BCUT2D eigenvalue weighted by Crippen LogP contribution is 2.10. The number of carbonyl (C=O) groups excluding carboxylic acids is 2. The first-order chi connectivity index (χ1) is 8.93. The molecule has 0 spiro atoms. The molecule has 0 amide bonds. The number of carbonyl (C=O) groups is 3. The third-order valence-electron chi connectivity index (χ3n) is 2.11. The van der Waals surface area contributed by atoms with E-state index < -0.39 is 24.7 Å². The summed E-state index contributed by atoms with van der Waals surface area (Å²) in [6, 6.07) is 5.58. The Bertz CT molecular complexity index is 532. The largest absolute Gasteiger partial charge is 0.478 e. The van der Waals surface area contributed by atoms with Crippen LogP contribution in [-0.2, 0) is 14.3 Å². The van der Waals surface area contributed by atoms with E-state index in [4.69, 9.17) is 5.11 Å². The first kappa shape index (κ1) is 14.4. The molecular formula is C13H12O6. The molecule has 0 aliphatic rings. The number of ether oxygens (including phenoxy) is 2. The minimum atomic E-state index is -1.24. The normalized spacial score (nSPS) is 9.53. The van der Waals surface area contributed by atoms with Gasteiger partial charge in [-0.2, -0.15) is 0 Å². The Morgan fingerprint density at radius 1 is 1.16 bits per heavy atom. The molecular weight excluding hydrogens is 252 g/mol. The minimum absolute atomic E-state index is 0.110. The maximum atomic E-state index is 11.6. The molecule has 0 aromatic heterocycles. The molecule has 6 nitrogen and oxygen atoms in total. The van der Waals surface area contributed by atoms with Crippen LogP contribution < -0.4 is 0 Å². The number of rotatable bonds is 5. The summed E-state index contributed by atoms with van der Waals surface area (Å²) in [5.74, 6) is -2.82. The van der Waals surface area contributed by atoms with Gasteiger partial charge in [0.05, 0.1) is 11.1 Å². The molecule has 100 valence electrons. The van der Waals surface area contributed by atoms with Crippen molar-refractivity contribution in [3.8, 4) is 0 Å². The molecule has 1 N–H and O–H groups in total. The van der Waals surface area contributed by atoms with E-state index in [9.17, 15) is 14.4 Å². The molecule has 0 saturated carbocycles. The summed E-state index contributed by atoms with van der Waals surface area (Å²) in [7, 11) is 0. The Morgan fingerprint density at radius 3 is 2.26 bits per heavy atom. The van der Waals surface area contributed by atoms with Crippen LogP contribution in [-0.4, -0.2) is 29.8 Å². The lowest BCUT2D eigenvalue weighted by Crippen LogP contribution is -2.15. The third kappa shape index (κ3) is 3.95. The van der Waals surface area contributed by atoms with Gasteiger partial charge in [0.2, 0.25) is 6.79 Å². The zero-order chi connectivity index (χ0) is 14.4. The molecule has 0 atom stereocenters. The van der Waals surface area contributed by atoms with Crippen molar-refractivity contribution in [3.63, 3.8) is 0 Å². The number of carboxylic acids is 1. The van der Waals surface area contributed by atoms with Gasteiger partial charge in [-0.25, -0.2) is 14.4 Å². The van der Waals surface area contributed by atoms with Gasteiger partial charge < -0.3 is 14.6 Å². The Kier molecular flexibility index (Phi) is 4.82. The lowest BCUT2D eigenvalue weighted by Gasteiger charge is -2.07. The summed E-state index contributed by atoms with van der Waals surface area (Å²) >= 11 is 0. The second-order valence-corrected chi connectivity index (χ2v) is 3.61. The summed E-state index contributed by atoms with van der Waals surface area (Å²) in [6.07, 6.45) is 0. The van der Waals surface area contributed by atoms with Gasteiger partial charge in [0.1, 0.15) is 0 Å². The lowest BCUT2D eigenvalue weighted by molar-refractivity contribution is -0.147. The van der Waals surface area contributed by atoms with Crippen LogP contribution in [0.5, 0.6) is 0 Å². The first-order valence-corrected chi connectivity index (χ1v) is 5.25. The number of hydrogen-bond acceptors (Lipinski definition) is 5. The molecule has 0 aliphatic heterocycles. The van der Waals surface area contributed by atoms with Crippen LogP contribution in [0.1, 0.15) is 27.6 Å². The summed E-state index contributed by atoms with van der Waals surface area (Å²) in [6.45, 7) is 4.21. The highest BCUT2D eigenvalue weighted by Gasteiger charge is 2.17. The minimum Gasteiger partial charge on any atom is -0.478 e. The van der Waals surface area contributed by atoms with Crippen molar-refractivity contribution in [2.75, 3.05) is 6.79 Å². The lowest BCUT2D eigenvalue weighted by atomic mass is 10.1. The van der Waals surface area contributed by atoms with Crippen LogP contribution in [0.2, 0.25) is 0 Å². The SMILES string of the molecule is C=C(C)C(=O)OCOC(=O)c1ccccc1C(=O)O. The van der Waals surface area contributed by atoms with Crippen molar-refractivity contribution in [1.82, 2.24) is 0 Å². The first-order valence-electron chi connectivity index (χ1n) is 5.25. The van der Waals surface area contributed by atoms with Gasteiger partial charge in [-0.05, 0) is 19.1 Å². The van der Waals surface area contributed by atoms with E-state index in [0.29, 0.717) is 0 Å². The predicted molar refractivity (Wildman–Crippen MR) is 64.6 cm³/mol. The van der Waals surface area contributed by atoms with Crippen molar-refractivity contribution in [3.05, 3.63) is 47.5 Å². The maximum Gasteiger partial charge on any atom is 0.341 e. The molecule has 1 aromatic carbocycles.